The fourth-order valence-electron chi connectivity index (χ4n) is 1.66. The zero-order chi connectivity index (χ0) is 11.8. The summed E-state index contributed by atoms with van der Waals surface area (Å²) >= 11 is 0. The lowest BCUT2D eigenvalue weighted by Gasteiger charge is -2.00. The van der Waals surface area contributed by atoms with Crippen molar-refractivity contribution in [1.29, 1.82) is 0 Å². The Morgan fingerprint density at radius 3 is 2.88 bits per heavy atom. The predicted octanol–water partition coefficient (Wildman–Crippen LogP) is 1.51. The minimum absolute atomic E-state index is 0.0882. The summed E-state index contributed by atoms with van der Waals surface area (Å²) in [6.07, 6.45) is 2.99. The minimum Gasteiger partial charge on any atom is -0.367 e. The number of nitrogen functional groups attached to an aromatic ring is 1. The Bertz CT molecular complexity index is 677. The summed E-state index contributed by atoms with van der Waals surface area (Å²) in [5.74, 6) is -0.309. The maximum Gasteiger partial charge on any atom is 0.238 e. The molecule has 84 valence electrons. The molecule has 3 aromatic heterocycles. The molecule has 0 fully saturated rings. The second-order valence-electron chi connectivity index (χ2n) is 3.51. The van der Waals surface area contributed by atoms with Crippen molar-refractivity contribution in [2.24, 2.45) is 0 Å². The number of rotatable bonds is 1. The Labute approximate surface area is 95.7 Å². The largest absolute Gasteiger partial charge is 0.367 e. The summed E-state index contributed by atoms with van der Waals surface area (Å²) in [6.45, 7) is 0. The lowest BCUT2D eigenvalue weighted by molar-refractivity contribution is 0.638. The highest BCUT2D eigenvalue weighted by Crippen LogP contribution is 2.22. The molecule has 0 saturated heterocycles. The first kappa shape index (κ1) is 9.71. The van der Waals surface area contributed by atoms with Crippen LogP contribution in [-0.2, 0) is 0 Å². The van der Waals surface area contributed by atoms with Crippen molar-refractivity contribution in [3.05, 3.63) is 42.5 Å². The highest BCUT2D eigenvalue weighted by molar-refractivity contribution is 5.64. The zero-order valence-corrected chi connectivity index (χ0v) is 8.71. The van der Waals surface area contributed by atoms with Crippen molar-refractivity contribution < 1.29 is 4.39 Å². The minimum atomic E-state index is -0.398. The quantitative estimate of drug-likeness (QED) is 0.686. The van der Waals surface area contributed by atoms with E-state index in [1.165, 1.54) is 16.8 Å². The van der Waals surface area contributed by atoms with Crippen molar-refractivity contribution in [3.63, 3.8) is 0 Å². The van der Waals surface area contributed by atoms with Gasteiger partial charge in [0.1, 0.15) is 5.52 Å². The zero-order valence-electron chi connectivity index (χ0n) is 8.71. The highest BCUT2D eigenvalue weighted by Gasteiger charge is 2.12. The van der Waals surface area contributed by atoms with Gasteiger partial charge in [0.05, 0.1) is 17.6 Å². The van der Waals surface area contributed by atoms with Gasteiger partial charge in [0.15, 0.2) is 5.82 Å². The molecule has 5 nitrogen and oxygen atoms in total. The molecule has 0 aliphatic carbocycles. The smallest absolute Gasteiger partial charge is 0.238 e. The Hall–Kier alpha value is -2.50. The topological polar surface area (TPSA) is 69.1 Å². The predicted molar refractivity (Wildman–Crippen MR) is 60.6 cm³/mol. The molecule has 0 amide bonds. The molecule has 3 rings (SSSR count). The third-order valence-electron chi connectivity index (χ3n) is 2.41. The lowest BCUT2D eigenvalue weighted by atomic mass is 10.3. The molecule has 0 radical (unpaired) electrons. The van der Waals surface area contributed by atoms with Crippen molar-refractivity contribution in [1.82, 2.24) is 19.6 Å². The maximum atomic E-state index is 13.7. The number of fused-ring (bicyclic) bond motifs is 1. The summed E-state index contributed by atoms with van der Waals surface area (Å²) in [4.78, 5) is 7.91. The first-order chi connectivity index (χ1) is 8.25. The van der Waals surface area contributed by atoms with Gasteiger partial charge in [-0.1, -0.05) is 6.07 Å². The van der Waals surface area contributed by atoms with E-state index in [1.807, 2.05) is 6.07 Å². The molecule has 0 saturated carbocycles. The van der Waals surface area contributed by atoms with Crippen LogP contribution in [-0.4, -0.2) is 19.6 Å². The van der Waals surface area contributed by atoms with Crippen LogP contribution in [0.4, 0.5) is 10.3 Å². The molecule has 0 aromatic carbocycles. The van der Waals surface area contributed by atoms with E-state index in [4.69, 9.17) is 5.73 Å². The van der Waals surface area contributed by atoms with Crippen molar-refractivity contribution >= 4 is 11.5 Å². The molecule has 0 spiro atoms. The van der Waals surface area contributed by atoms with Crippen LogP contribution >= 0.6 is 0 Å². The average Bonchev–Trinajstić information content (AvgIpc) is 2.67. The second kappa shape index (κ2) is 3.51. The van der Waals surface area contributed by atoms with E-state index >= 15 is 0 Å². The molecule has 17 heavy (non-hydrogen) atoms. The van der Waals surface area contributed by atoms with Gasteiger partial charge in [-0.05, 0) is 12.1 Å². The summed E-state index contributed by atoms with van der Waals surface area (Å²) in [5.41, 5.74) is 6.95. The van der Waals surface area contributed by atoms with Gasteiger partial charge in [-0.3, -0.25) is 4.98 Å². The highest BCUT2D eigenvalue weighted by atomic mass is 19.1. The molecule has 0 unspecified atom stereocenters. The molecule has 0 atom stereocenters. The van der Waals surface area contributed by atoms with Gasteiger partial charge >= 0.3 is 0 Å². The van der Waals surface area contributed by atoms with E-state index in [1.54, 1.807) is 18.3 Å². The monoisotopic (exact) mass is 229 g/mol. The first-order valence-electron chi connectivity index (χ1n) is 4.97. The number of pyridine rings is 1. The van der Waals surface area contributed by atoms with Crippen LogP contribution in [0.3, 0.4) is 0 Å². The number of nitrogens with zero attached hydrogens (tertiary/aromatic N) is 4. The summed E-state index contributed by atoms with van der Waals surface area (Å²) in [5, 5.41) is 3.98. The van der Waals surface area contributed by atoms with Crippen molar-refractivity contribution in [2.45, 2.75) is 0 Å². The molecule has 0 bridgehead atoms. The third kappa shape index (κ3) is 1.50. The van der Waals surface area contributed by atoms with Crippen LogP contribution in [0.5, 0.6) is 0 Å². The van der Waals surface area contributed by atoms with E-state index in [2.05, 4.69) is 15.1 Å². The summed E-state index contributed by atoms with van der Waals surface area (Å²) in [6, 6.07) is 6.76. The standard InChI is InChI=1S/C11H8FN5/c12-7-5-9(8-3-1-2-4-14-8)17-10(7)6-15-11(13)16-17/h1-6H,(H2,13,16). The van der Waals surface area contributed by atoms with E-state index in [0.717, 1.165) is 0 Å². The molecule has 6 heteroatoms. The fraction of sp³-hybridized carbons (Fsp3) is 0. The summed E-state index contributed by atoms with van der Waals surface area (Å²) in [7, 11) is 0. The van der Waals surface area contributed by atoms with E-state index in [0.29, 0.717) is 11.4 Å². The van der Waals surface area contributed by atoms with E-state index < -0.39 is 5.82 Å². The lowest BCUT2D eigenvalue weighted by Crippen LogP contribution is -2.02. The van der Waals surface area contributed by atoms with Gasteiger partial charge in [-0.15, -0.1) is 5.10 Å². The fourth-order valence-corrected chi connectivity index (χ4v) is 1.66. The van der Waals surface area contributed by atoms with Gasteiger partial charge in [-0.2, -0.15) is 0 Å². The molecule has 0 aliphatic heterocycles. The van der Waals surface area contributed by atoms with Crippen LogP contribution < -0.4 is 5.73 Å². The third-order valence-corrected chi connectivity index (χ3v) is 2.41. The SMILES string of the molecule is Nc1ncc2c(F)cc(-c3ccccn3)n2n1. The van der Waals surface area contributed by atoms with E-state index in [9.17, 15) is 4.39 Å². The Kier molecular flexibility index (Phi) is 2.01. The number of nitrogens with two attached hydrogens (primary N) is 1. The molecule has 0 aliphatic rings. The Morgan fingerprint density at radius 2 is 2.12 bits per heavy atom. The molecule has 2 N–H and O–H groups in total. The summed E-state index contributed by atoms with van der Waals surface area (Å²) < 4.78 is 15.1. The van der Waals surface area contributed by atoms with Crippen molar-refractivity contribution in [2.75, 3.05) is 5.73 Å². The number of anilines is 1. The van der Waals surface area contributed by atoms with Gasteiger partial charge in [0, 0.05) is 12.3 Å². The van der Waals surface area contributed by atoms with Gasteiger partial charge in [0.25, 0.3) is 0 Å². The number of halogens is 1. The van der Waals surface area contributed by atoms with Crippen LogP contribution in [0.1, 0.15) is 0 Å². The van der Waals surface area contributed by atoms with E-state index in [-0.39, 0.29) is 11.5 Å². The van der Waals surface area contributed by atoms with Crippen LogP contribution in [0.2, 0.25) is 0 Å². The first-order valence-corrected chi connectivity index (χ1v) is 4.97. The van der Waals surface area contributed by atoms with Gasteiger partial charge < -0.3 is 5.73 Å². The van der Waals surface area contributed by atoms with Crippen LogP contribution in [0, 0.1) is 5.82 Å². The van der Waals surface area contributed by atoms with Crippen molar-refractivity contribution in [3.8, 4) is 11.4 Å². The van der Waals surface area contributed by atoms with Gasteiger partial charge in [0.2, 0.25) is 5.95 Å². The number of hydrogen-bond donors (Lipinski definition) is 1. The van der Waals surface area contributed by atoms with Crippen LogP contribution in [0.15, 0.2) is 36.7 Å². The maximum absolute atomic E-state index is 13.7. The molecule has 3 aromatic rings. The second-order valence-corrected chi connectivity index (χ2v) is 3.51. The Morgan fingerprint density at radius 1 is 1.24 bits per heavy atom. The Balaban J connectivity index is 2.34. The molecular formula is C11H8FN5. The van der Waals surface area contributed by atoms with Gasteiger partial charge in [-0.25, -0.2) is 13.9 Å². The number of hydrogen-bond acceptors (Lipinski definition) is 4. The number of aromatic nitrogens is 4. The molecular weight excluding hydrogens is 221 g/mol. The average molecular weight is 229 g/mol. The normalized spacial score (nSPS) is 10.9. The van der Waals surface area contributed by atoms with Crippen LogP contribution in [0.25, 0.3) is 16.9 Å². The molecule has 3 heterocycles.